The van der Waals surface area contributed by atoms with Gasteiger partial charge in [0.05, 0.1) is 5.92 Å². The Kier molecular flexibility index (Phi) is 5.32. The number of pyridine rings is 1. The first kappa shape index (κ1) is 16.2. The van der Waals surface area contributed by atoms with Crippen molar-refractivity contribution in [3.8, 4) is 0 Å². The number of ether oxygens (including phenoxy) is 1. The number of nitrogens with one attached hydrogen (secondary N) is 1. The van der Waals surface area contributed by atoms with Crippen molar-refractivity contribution in [3.05, 3.63) is 34.2 Å². The number of hydrogen-bond acceptors (Lipinski definition) is 4. The Morgan fingerprint density at radius 1 is 1.41 bits per heavy atom. The van der Waals surface area contributed by atoms with Gasteiger partial charge < -0.3 is 19.7 Å². The first-order chi connectivity index (χ1) is 10.5. The molecule has 120 valence electrons. The van der Waals surface area contributed by atoms with Crippen LogP contribution >= 0.6 is 0 Å². The lowest BCUT2D eigenvalue weighted by molar-refractivity contribution is -0.144. The van der Waals surface area contributed by atoms with Crippen molar-refractivity contribution in [1.82, 2.24) is 9.88 Å². The summed E-state index contributed by atoms with van der Waals surface area (Å²) < 4.78 is 6.47. The predicted octanol–water partition coefficient (Wildman–Crippen LogP) is 0.242. The van der Waals surface area contributed by atoms with Gasteiger partial charge >= 0.3 is 5.97 Å². The van der Waals surface area contributed by atoms with E-state index in [-0.39, 0.29) is 23.7 Å². The Balaban J connectivity index is 2.02. The zero-order chi connectivity index (χ0) is 16.1. The summed E-state index contributed by atoms with van der Waals surface area (Å²) in [4.78, 5) is 35.1. The lowest BCUT2D eigenvalue weighted by atomic mass is 9.86. The average Bonchev–Trinajstić information content (AvgIpc) is 2.50. The highest BCUT2D eigenvalue weighted by Crippen LogP contribution is 2.23. The molecule has 1 unspecified atom stereocenters. The van der Waals surface area contributed by atoms with E-state index in [0.717, 1.165) is 0 Å². The summed E-state index contributed by atoms with van der Waals surface area (Å²) in [6, 6.07) is 4.39. The van der Waals surface area contributed by atoms with E-state index in [1.807, 2.05) is 0 Å². The maximum absolute atomic E-state index is 12.1. The molecule has 0 aliphatic carbocycles. The molecule has 1 atom stereocenters. The third-order valence-electron chi connectivity index (χ3n) is 4.05. The van der Waals surface area contributed by atoms with Crippen LogP contribution in [0.25, 0.3) is 0 Å². The van der Waals surface area contributed by atoms with E-state index < -0.39 is 17.8 Å². The van der Waals surface area contributed by atoms with Crippen LogP contribution in [-0.2, 0) is 16.6 Å². The molecule has 7 nitrogen and oxygen atoms in total. The van der Waals surface area contributed by atoms with Crippen molar-refractivity contribution in [2.45, 2.75) is 12.8 Å². The molecule has 0 spiro atoms. The second-order valence-corrected chi connectivity index (χ2v) is 5.41. The van der Waals surface area contributed by atoms with Gasteiger partial charge in [-0.25, -0.2) is 0 Å². The Morgan fingerprint density at radius 2 is 2.09 bits per heavy atom. The Morgan fingerprint density at radius 3 is 2.73 bits per heavy atom. The number of rotatable bonds is 5. The normalized spacial score (nSPS) is 17.0. The number of hydrogen-bond donors (Lipinski definition) is 2. The second kappa shape index (κ2) is 7.22. The second-order valence-electron chi connectivity index (χ2n) is 5.41. The Hall–Kier alpha value is -2.15. The molecule has 7 heteroatoms. The van der Waals surface area contributed by atoms with Gasteiger partial charge in [-0.3, -0.25) is 14.4 Å². The molecule has 1 aromatic heterocycles. The molecular weight excluding hydrogens is 288 g/mol. The van der Waals surface area contributed by atoms with Gasteiger partial charge in [0, 0.05) is 32.9 Å². The smallest absolute Gasteiger partial charge is 0.308 e. The average molecular weight is 308 g/mol. The largest absolute Gasteiger partial charge is 0.481 e. The fraction of sp³-hybridized carbons (Fsp3) is 0.533. The van der Waals surface area contributed by atoms with E-state index in [9.17, 15) is 19.5 Å². The van der Waals surface area contributed by atoms with E-state index in [2.05, 4.69) is 5.32 Å². The molecule has 1 fully saturated rings. The molecule has 0 aromatic carbocycles. The number of aliphatic carboxylic acids is 1. The third kappa shape index (κ3) is 3.73. The number of carbonyl (C=O) groups excluding carboxylic acids is 1. The lowest BCUT2D eigenvalue weighted by Crippen LogP contribution is -2.40. The molecule has 1 aliphatic rings. The molecule has 2 rings (SSSR count). The van der Waals surface area contributed by atoms with Crippen LogP contribution in [0.1, 0.15) is 23.3 Å². The van der Waals surface area contributed by atoms with Gasteiger partial charge in [0.15, 0.2) is 0 Å². The van der Waals surface area contributed by atoms with Crippen LogP contribution < -0.4 is 10.9 Å². The van der Waals surface area contributed by atoms with Gasteiger partial charge in [-0.1, -0.05) is 6.07 Å². The molecule has 2 N–H and O–H groups in total. The van der Waals surface area contributed by atoms with Crippen molar-refractivity contribution in [1.29, 1.82) is 0 Å². The monoisotopic (exact) mass is 308 g/mol. The van der Waals surface area contributed by atoms with Crippen molar-refractivity contribution in [2.24, 2.45) is 18.9 Å². The number of aromatic nitrogens is 1. The van der Waals surface area contributed by atoms with E-state index in [1.54, 1.807) is 0 Å². The quantitative estimate of drug-likeness (QED) is 0.812. The molecule has 2 heterocycles. The zero-order valence-corrected chi connectivity index (χ0v) is 12.4. The first-order valence-electron chi connectivity index (χ1n) is 7.25. The van der Waals surface area contributed by atoms with Crippen molar-refractivity contribution in [2.75, 3.05) is 19.8 Å². The van der Waals surface area contributed by atoms with E-state index >= 15 is 0 Å². The molecule has 0 radical (unpaired) electrons. The fourth-order valence-corrected chi connectivity index (χ4v) is 2.66. The lowest BCUT2D eigenvalue weighted by Gasteiger charge is -2.27. The number of carboxylic acids is 1. The highest BCUT2D eigenvalue weighted by molar-refractivity contribution is 5.92. The van der Waals surface area contributed by atoms with Crippen LogP contribution in [0.5, 0.6) is 0 Å². The standard InChI is InChI=1S/C15H20N2O5/c1-17-12(3-2-4-13(17)18)14(19)16-9-11(15(20)21)10-5-7-22-8-6-10/h2-4,10-11H,5-9H2,1H3,(H,16,19)(H,20,21). The van der Waals surface area contributed by atoms with Crippen LogP contribution in [0, 0.1) is 11.8 Å². The van der Waals surface area contributed by atoms with Crippen molar-refractivity contribution in [3.63, 3.8) is 0 Å². The minimum absolute atomic E-state index is 0.00820. The van der Waals surface area contributed by atoms with E-state index in [1.165, 1.54) is 29.8 Å². The van der Waals surface area contributed by atoms with Crippen LogP contribution in [-0.4, -0.2) is 41.3 Å². The van der Waals surface area contributed by atoms with Crippen LogP contribution in [0.15, 0.2) is 23.0 Å². The molecule has 22 heavy (non-hydrogen) atoms. The van der Waals surface area contributed by atoms with Gasteiger partial charge in [0.2, 0.25) is 0 Å². The fourth-order valence-electron chi connectivity index (χ4n) is 2.66. The molecule has 1 saturated heterocycles. The zero-order valence-electron chi connectivity index (χ0n) is 12.4. The summed E-state index contributed by atoms with van der Waals surface area (Å²) in [5, 5.41) is 12.0. The molecule has 1 aliphatic heterocycles. The van der Waals surface area contributed by atoms with Gasteiger partial charge in [0.25, 0.3) is 11.5 Å². The minimum Gasteiger partial charge on any atom is -0.481 e. The highest BCUT2D eigenvalue weighted by atomic mass is 16.5. The summed E-state index contributed by atoms with van der Waals surface area (Å²) >= 11 is 0. The number of carboxylic acid groups (broad SMARTS) is 1. The van der Waals surface area contributed by atoms with Crippen LogP contribution in [0.4, 0.5) is 0 Å². The maximum atomic E-state index is 12.1. The summed E-state index contributed by atoms with van der Waals surface area (Å²) in [5.74, 6) is -2.02. The topological polar surface area (TPSA) is 97.6 Å². The van der Waals surface area contributed by atoms with Gasteiger partial charge in [0.1, 0.15) is 5.69 Å². The number of nitrogens with zero attached hydrogens (tertiary/aromatic N) is 1. The number of amides is 1. The summed E-state index contributed by atoms with van der Waals surface area (Å²) in [6.07, 6.45) is 1.35. The van der Waals surface area contributed by atoms with Gasteiger partial charge in [-0.05, 0) is 24.8 Å². The van der Waals surface area contributed by atoms with Crippen molar-refractivity contribution < 1.29 is 19.4 Å². The Bertz CT molecular complexity index is 604. The van der Waals surface area contributed by atoms with Gasteiger partial charge in [-0.15, -0.1) is 0 Å². The molecule has 0 bridgehead atoms. The first-order valence-corrected chi connectivity index (χ1v) is 7.25. The Labute approximate surface area is 127 Å². The maximum Gasteiger partial charge on any atom is 0.308 e. The summed E-state index contributed by atoms with van der Waals surface area (Å²) in [5.41, 5.74) is -0.0736. The number of carbonyl (C=O) groups is 2. The van der Waals surface area contributed by atoms with E-state index in [0.29, 0.717) is 26.1 Å². The van der Waals surface area contributed by atoms with Crippen LogP contribution in [0.3, 0.4) is 0 Å². The molecule has 1 aromatic rings. The minimum atomic E-state index is -0.922. The van der Waals surface area contributed by atoms with Crippen molar-refractivity contribution >= 4 is 11.9 Å². The predicted molar refractivity (Wildman–Crippen MR) is 78.7 cm³/mol. The molecule has 1 amide bonds. The van der Waals surface area contributed by atoms with Crippen LogP contribution in [0.2, 0.25) is 0 Å². The molecular formula is C15H20N2O5. The summed E-state index contributed by atoms with van der Waals surface area (Å²) in [6.45, 7) is 1.15. The van der Waals surface area contributed by atoms with E-state index in [4.69, 9.17) is 4.74 Å². The third-order valence-corrected chi connectivity index (χ3v) is 4.05. The summed E-state index contributed by atoms with van der Waals surface area (Å²) in [7, 11) is 1.50. The molecule has 0 saturated carbocycles. The van der Waals surface area contributed by atoms with Gasteiger partial charge in [-0.2, -0.15) is 0 Å². The highest BCUT2D eigenvalue weighted by Gasteiger charge is 2.30. The SMILES string of the molecule is Cn1c(C(=O)NCC(C(=O)O)C2CCOCC2)cccc1=O.